The lowest BCUT2D eigenvalue weighted by Gasteiger charge is -2.25. The third-order valence-electron chi connectivity index (χ3n) is 2.42. The number of aliphatic hydroxyl groups is 1. The summed E-state index contributed by atoms with van der Waals surface area (Å²) in [5.41, 5.74) is 5.20. The molecule has 0 aromatic carbocycles. The van der Waals surface area contributed by atoms with E-state index in [4.69, 9.17) is 15.7 Å². The Morgan fingerprint density at radius 1 is 1.60 bits per heavy atom. The largest absolute Gasteiger partial charge is 0.395 e. The van der Waals surface area contributed by atoms with Crippen molar-refractivity contribution in [3.05, 3.63) is 0 Å². The summed E-state index contributed by atoms with van der Waals surface area (Å²) in [5.74, 6) is -0.296. The molecule has 0 spiro atoms. The van der Waals surface area contributed by atoms with Crippen molar-refractivity contribution in [1.29, 1.82) is 0 Å². The number of rotatable bonds is 2. The van der Waals surface area contributed by atoms with E-state index in [1.165, 1.54) is 5.06 Å². The summed E-state index contributed by atoms with van der Waals surface area (Å²) in [4.78, 5) is 16.8. The van der Waals surface area contributed by atoms with Crippen LogP contribution in [0.5, 0.6) is 0 Å². The van der Waals surface area contributed by atoms with Crippen LogP contribution < -0.4 is 5.73 Å². The summed E-state index contributed by atoms with van der Waals surface area (Å²) in [5, 5.41) is 10.6. The van der Waals surface area contributed by atoms with Gasteiger partial charge in [-0.25, -0.2) is 4.79 Å². The molecule has 2 atom stereocenters. The van der Waals surface area contributed by atoms with E-state index in [0.717, 1.165) is 0 Å². The molecule has 3 N–H and O–H groups in total. The first kappa shape index (κ1) is 12.4. The Bertz CT molecular complexity index is 237. The van der Waals surface area contributed by atoms with Gasteiger partial charge >= 0.3 is 5.97 Å². The van der Waals surface area contributed by atoms with E-state index >= 15 is 0 Å². The Kier molecular flexibility index (Phi) is 3.70. The van der Waals surface area contributed by atoms with Crippen molar-refractivity contribution in [2.24, 2.45) is 11.1 Å². The molecule has 1 fully saturated rings. The van der Waals surface area contributed by atoms with Crippen LogP contribution in [0.2, 0.25) is 0 Å². The molecule has 5 nitrogen and oxygen atoms in total. The van der Waals surface area contributed by atoms with Gasteiger partial charge in [0.1, 0.15) is 0 Å². The van der Waals surface area contributed by atoms with Crippen LogP contribution in [0.1, 0.15) is 27.2 Å². The van der Waals surface area contributed by atoms with E-state index in [1.807, 2.05) is 0 Å². The number of carbonyl (C=O) groups is 1. The maximum Gasteiger partial charge on any atom is 0.330 e. The molecule has 0 saturated carbocycles. The van der Waals surface area contributed by atoms with Crippen LogP contribution in [0.25, 0.3) is 0 Å². The van der Waals surface area contributed by atoms with Gasteiger partial charge in [-0.05, 0) is 27.2 Å². The van der Waals surface area contributed by atoms with E-state index in [-0.39, 0.29) is 24.7 Å². The Hall–Kier alpha value is -0.650. The lowest BCUT2D eigenvalue weighted by Crippen LogP contribution is -2.38. The molecule has 1 aliphatic rings. The predicted molar refractivity (Wildman–Crippen MR) is 55.7 cm³/mol. The molecule has 1 rings (SSSR count). The van der Waals surface area contributed by atoms with E-state index < -0.39 is 5.41 Å². The second-order valence-corrected chi connectivity index (χ2v) is 5.06. The predicted octanol–water partition coefficient (Wildman–Crippen LogP) is -0.115. The molecule has 0 aromatic rings. The summed E-state index contributed by atoms with van der Waals surface area (Å²) in [6.45, 7) is 5.83. The van der Waals surface area contributed by atoms with E-state index in [0.29, 0.717) is 13.0 Å². The quantitative estimate of drug-likeness (QED) is 0.673. The number of hydroxylamine groups is 2. The van der Waals surface area contributed by atoms with Crippen LogP contribution in [0, 0.1) is 5.41 Å². The van der Waals surface area contributed by atoms with E-state index in [1.54, 1.807) is 20.8 Å². The average molecular weight is 216 g/mol. The fraction of sp³-hybridized carbons (Fsp3) is 0.900. The minimum absolute atomic E-state index is 0.0325. The molecule has 88 valence electrons. The first-order valence-electron chi connectivity index (χ1n) is 5.20. The number of nitrogens with zero attached hydrogens (tertiary/aromatic N) is 1. The van der Waals surface area contributed by atoms with Gasteiger partial charge in [-0.2, -0.15) is 0 Å². The average Bonchev–Trinajstić information content (AvgIpc) is 2.44. The maximum atomic E-state index is 11.6. The van der Waals surface area contributed by atoms with Gasteiger partial charge in [-0.1, -0.05) is 0 Å². The number of hydrogen-bond donors (Lipinski definition) is 2. The number of aliphatic hydroxyl groups excluding tert-OH is 1. The van der Waals surface area contributed by atoms with Gasteiger partial charge in [0, 0.05) is 6.04 Å². The third-order valence-corrected chi connectivity index (χ3v) is 2.42. The summed E-state index contributed by atoms with van der Waals surface area (Å²) in [7, 11) is 0. The fourth-order valence-electron chi connectivity index (χ4n) is 1.44. The lowest BCUT2D eigenvalue weighted by molar-refractivity contribution is -0.206. The molecule has 0 aliphatic carbocycles. The Morgan fingerprint density at radius 2 is 2.20 bits per heavy atom. The molecule has 5 heteroatoms. The topological polar surface area (TPSA) is 75.8 Å². The van der Waals surface area contributed by atoms with Gasteiger partial charge in [0.05, 0.1) is 24.6 Å². The Labute approximate surface area is 90.1 Å². The van der Waals surface area contributed by atoms with Crippen LogP contribution in [0.4, 0.5) is 0 Å². The zero-order valence-corrected chi connectivity index (χ0v) is 9.56. The van der Waals surface area contributed by atoms with Crippen molar-refractivity contribution < 1.29 is 14.7 Å². The second kappa shape index (κ2) is 4.47. The van der Waals surface area contributed by atoms with Crippen LogP contribution in [-0.4, -0.2) is 41.4 Å². The summed E-state index contributed by atoms with van der Waals surface area (Å²) in [6, 6.07) is -0.193. The van der Waals surface area contributed by atoms with Crippen LogP contribution in [-0.2, 0) is 9.63 Å². The molecule has 0 bridgehead atoms. The zero-order valence-electron chi connectivity index (χ0n) is 9.56. The van der Waals surface area contributed by atoms with Crippen LogP contribution in [0.15, 0.2) is 0 Å². The standard InChI is InChI=1S/C10H20N2O3/c1-10(2,3)9(14)15-12-5-7(11)4-8(12)6-13/h7-8,13H,4-6,11H2,1-3H3/t7-,8-/m0/s1. The molecule has 0 radical (unpaired) electrons. The molecular formula is C10H20N2O3. The summed E-state index contributed by atoms with van der Waals surface area (Å²) in [6.07, 6.45) is 0.661. The molecular weight excluding hydrogens is 196 g/mol. The molecule has 0 amide bonds. The minimum Gasteiger partial charge on any atom is -0.395 e. The Morgan fingerprint density at radius 3 is 2.67 bits per heavy atom. The van der Waals surface area contributed by atoms with Crippen molar-refractivity contribution in [3.63, 3.8) is 0 Å². The Balaban J connectivity index is 2.54. The van der Waals surface area contributed by atoms with Gasteiger partial charge in [0.15, 0.2) is 0 Å². The third kappa shape index (κ3) is 3.15. The smallest absolute Gasteiger partial charge is 0.330 e. The monoisotopic (exact) mass is 216 g/mol. The van der Waals surface area contributed by atoms with E-state index in [2.05, 4.69) is 0 Å². The van der Waals surface area contributed by atoms with Crippen molar-refractivity contribution >= 4 is 5.97 Å². The van der Waals surface area contributed by atoms with Gasteiger partial charge in [-0.15, -0.1) is 5.06 Å². The first-order chi connectivity index (χ1) is 6.84. The summed E-state index contributed by atoms with van der Waals surface area (Å²) < 4.78 is 0. The van der Waals surface area contributed by atoms with E-state index in [9.17, 15) is 4.79 Å². The van der Waals surface area contributed by atoms with Crippen molar-refractivity contribution in [1.82, 2.24) is 5.06 Å². The highest BCUT2D eigenvalue weighted by atomic mass is 16.7. The van der Waals surface area contributed by atoms with Crippen molar-refractivity contribution in [2.45, 2.75) is 39.3 Å². The van der Waals surface area contributed by atoms with Gasteiger partial charge in [-0.3, -0.25) is 0 Å². The first-order valence-corrected chi connectivity index (χ1v) is 5.20. The van der Waals surface area contributed by atoms with Crippen LogP contribution in [0.3, 0.4) is 0 Å². The molecule has 1 heterocycles. The molecule has 15 heavy (non-hydrogen) atoms. The number of carbonyl (C=O) groups excluding carboxylic acids is 1. The molecule has 1 aliphatic heterocycles. The second-order valence-electron chi connectivity index (χ2n) is 5.06. The molecule has 1 saturated heterocycles. The van der Waals surface area contributed by atoms with Crippen molar-refractivity contribution in [2.75, 3.05) is 13.2 Å². The highest BCUT2D eigenvalue weighted by Gasteiger charge is 2.35. The molecule has 0 unspecified atom stereocenters. The minimum atomic E-state index is -0.535. The van der Waals surface area contributed by atoms with Gasteiger partial charge in [0.25, 0.3) is 0 Å². The highest BCUT2D eigenvalue weighted by molar-refractivity contribution is 5.75. The number of nitrogens with two attached hydrogens (primary N) is 1. The van der Waals surface area contributed by atoms with Gasteiger partial charge in [0.2, 0.25) is 0 Å². The van der Waals surface area contributed by atoms with Crippen molar-refractivity contribution in [3.8, 4) is 0 Å². The normalized spacial score (nSPS) is 28.1. The zero-order chi connectivity index (χ0) is 11.6. The summed E-state index contributed by atoms with van der Waals surface area (Å²) >= 11 is 0. The van der Waals surface area contributed by atoms with Gasteiger partial charge < -0.3 is 15.7 Å². The lowest BCUT2D eigenvalue weighted by atomic mass is 9.98. The fourth-order valence-corrected chi connectivity index (χ4v) is 1.44. The number of hydrogen-bond acceptors (Lipinski definition) is 5. The van der Waals surface area contributed by atoms with Crippen LogP contribution >= 0.6 is 0 Å². The maximum absolute atomic E-state index is 11.6. The SMILES string of the molecule is CC(C)(C)C(=O)ON1C[C@@H](N)C[C@H]1CO. The molecule has 0 aromatic heterocycles. The highest BCUT2D eigenvalue weighted by Crippen LogP contribution is 2.21.